The summed E-state index contributed by atoms with van der Waals surface area (Å²) in [7, 11) is 1.30. The minimum Gasteiger partial charge on any atom is -0.496 e. The number of nitrogens with one attached hydrogen (secondary N) is 1. The lowest BCUT2D eigenvalue weighted by Crippen LogP contribution is -2.30. The van der Waals surface area contributed by atoms with Crippen LogP contribution in [0.5, 0.6) is 5.75 Å². The first kappa shape index (κ1) is 20.6. The zero-order valence-corrected chi connectivity index (χ0v) is 15.4. The summed E-state index contributed by atoms with van der Waals surface area (Å²) in [5.74, 6) is -1.78. The molecule has 2 aromatic carbocycles. The lowest BCUT2D eigenvalue weighted by Gasteiger charge is -2.15. The van der Waals surface area contributed by atoms with Crippen molar-refractivity contribution in [3.05, 3.63) is 63.7 Å². The lowest BCUT2D eigenvalue weighted by atomic mass is 10.1. The largest absolute Gasteiger partial charge is 0.496 e. The smallest absolute Gasteiger partial charge is 0.342 e. The van der Waals surface area contributed by atoms with Crippen molar-refractivity contribution in [1.29, 1.82) is 0 Å². The second-order valence-corrected chi connectivity index (χ2v) is 5.78. The predicted molar refractivity (Wildman–Crippen MR) is 99.6 cm³/mol. The van der Waals surface area contributed by atoms with Crippen LogP contribution in [0.1, 0.15) is 34.6 Å². The summed E-state index contributed by atoms with van der Waals surface area (Å²) in [5.41, 5.74) is 0.103. The maximum atomic E-state index is 12.4. The molecule has 0 aliphatic carbocycles. The van der Waals surface area contributed by atoms with Gasteiger partial charge in [-0.15, -0.1) is 0 Å². The van der Waals surface area contributed by atoms with Crippen molar-refractivity contribution in [2.75, 3.05) is 12.4 Å². The number of methoxy groups -OCH3 is 1. The van der Waals surface area contributed by atoms with E-state index in [1.165, 1.54) is 33.1 Å². The van der Waals surface area contributed by atoms with E-state index in [0.717, 1.165) is 6.07 Å². The monoisotopic (exact) mass is 386 g/mol. The molecule has 1 N–H and O–H groups in total. The predicted octanol–water partition coefficient (Wildman–Crippen LogP) is 2.99. The van der Waals surface area contributed by atoms with Crippen LogP contribution in [-0.4, -0.2) is 35.8 Å². The van der Waals surface area contributed by atoms with E-state index in [9.17, 15) is 24.5 Å². The Balaban J connectivity index is 2.16. The average molecular weight is 386 g/mol. The maximum absolute atomic E-state index is 12.4. The Kier molecular flexibility index (Phi) is 6.43. The average Bonchev–Trinajstić information content (AvgIpc) is 2.67. The van der Waals surface area contributed by atoms with E-state index in [4.69, 9.17) is 9.47 Å². The highest BCUT2D eigenvalue weighted by Crippen LogP contribution is 2.25. The highest BCUT2D eigenvalue weighted by molar-refractivity contribution is 6.05. The van der Waals surface area contributed by atoms with Crippen LogP contribution < -0.4 is 10.1 Å². The first-order valence-corrected chi connectivity index (χ1v) is 8.18. The summed E-state index contributed by atoms with van der Waals surface area (Å²) in [5, 5.41) is 13.4. The Hall–Kier alpha value is -3.75. The Bertz CT molecular complexity index is 940. The third-order valence-electron chi connectivity index (χ3n) is 3.83. The molecule has 0 bridgehead atoms. The number of carbonyl (C=O) groups is 3. The van der Waals surface area contributed by atoms with Crippen molar-refractivity contribution in [2.45, 2.75) is 20.0 Å². The zero-order chi connectivity index (χ0) is 20.8. The molecule has 2 aromatic rings. The topological polar surface area (TPSA) is 125 Å². The highest BCUT2D eigenvalue weighted by Gasteiger charge is 2.24. The molecule has 1 amide bonds. The number of nitro groups is 1. The molecule has 0 saturated carbocycles. The lowest BCUT2D eigenvalue weighted by molar-refractivity contribution is -0.384. The van der Waals surface area contributed by atoms with Crippen molar-refractivity contribution in [3.8, 4) is 5.75 Å². The summed E-state index contributed by atoms with van der Waals surface area (Å²) in [6.45, 7) is 2.70. The van der Waals surface area contributed by atoms with Crippen LogP contribution in [0.3, 0.4) is 0 Å². The molecule has 0 radical (unpaired) electrons. The molecular weight excluding hydrogens is 368 g/mol. The number of para-hydroxylation sites is 1. The van der Waals surface area contributed by atoms with Gasteiger partial charge in [0.1, 0.15) is 11.3 Å². The van der Waals surface area contributed by atoms with Crippen LogP contribution in [0.15, 0.2) is 42.5 Å². The quantitative estimate of drug-likeness (QED) is 0.336. The fourth-order valence-electron chi connectivity index (χ4n) is 2.38. The van der Waals surface area contributed by atoms with Gasteiger partial charge in [0.2, 0.25) is 0 Å². The Labute approximate surface area is 160 Å². The molecule has 9 nitrogen and oxygen atoms in total. The Morgan fingerprint density at radius 1 is 1.11 bits per heavy atom. The molecule has 0 fully saturated rings. The molecule has 0 unspecified atom stereocenters. The van der Waals surface area contributed by atoms with Crippen molar-refractivity contribution >= 4 is 29.0 Å². The number of anilines is 1. The molecule has 0 saturated heterocycles. The van der Waals surface area contributed by atoms with Crippen LogP contribution in [0, 0.1) is 10.1 Å². The minimum atomic E-state index is -1.23. The summed E-state index contributed by atoms with van der Waals surface area (Å²) in [4.78, 5) is 46.6. The molecule has 146 valence electrons. The van der Waals surface area contributed by atoms with Crippen molar-refractivity contribution in [1.82, 2.24) is 0 Å². The molecule has 28 heavy (non-hydrogen) atoms. The SMILES string of the molecule is COc1ccc([N+](=O)[O-])cc1C(=O)O[C@@H](C)C(=O)Nc1ccccc1C(C)=O. The number of ketones is 1. The standard InChI is InChI=1S/C19H18N2O7/c1-11(22)14-6-4-5-7-16(14)20-18(23)12(2)28-19(24)15-10-13(21(25)26)8-9-17(15)27-3/h4-10,12H,1-3H3,(H,20,23)/t12-/m0/s1. The number of amides is 1. The number of nitrogens with zero attached hydrogens (tertiary/aromatic N) is 1. The van der Waals surface area contributed by atoms with E-state index < -0.39 is 22.9 Å². The van der Waals surface area contributed by atoms with Gasteiger partial charge in [0, 0.05) is 17.7 Å². The summed E-state index contributed by atoms with van der Waals surface area (Å²) >= 11 is 0. The van der Waals surface area contributed by atoms with E-state index in [-0.39, 0.29) is 28.5 Å². The normalized spacial score (nSPS) is 11.2. The van der Waals surface area contributed by atoms with E-state index in [2.05, 4.69) is 5.32 Å². The van der Waals surface area contributed by atoms with Crippen LogP contribution in [0.4, 0.5) is 11.4 Å². The third kappa shape index (κ3) is 4.70. The van der Waals surface area contributed by atoms with Crippen molar-refractivity contribution in [3.63, 3.8) is 0 Å². The third-order valence-corrected chi connectivity index (χ3v) is 3.83. The molecular formula is C19H18N2O7. The number of nitro benzene ring substituents is 1. The number of Topliss-reactive ketones (excluding diaryl/α,β-unsaturated/α-hetero) is 1. The van der Waals surface area contributed by atoms with Crippen LogP contribution in [0.25, 0.3) is 0 Å². The number of rotatable bonds is 7. The van der Waals surface area contributed by atoms with Gasteiger partial charge in [-0.05, 0) is 32.0 Å². The number of non-ortho nitro benzene ring substituents is 1. The maximum Gasteiger partial charge on any atom is 0.342 e. The number of hydrogen-bond donors (Lipinski definition) is 1. The van der Waals surface area contributed by atoms with E-state index >= 15 is 0 Å². The number of carbonyl (C=O) groups excluding carboxylic acids is 3. The minimum absolute atomic E-state index is 0.0742. The van der Waals surface area contributed by atoms with E-state index in [1.54, 1.807) is 24.3 Å². The second kappa shape index (κ2) is 8.76. The van der Waals surface area contributed by atoms with Gasteiger partial charge >= 0.3 is 5.97 Å². The number of esters is 1. The van der Waals surface area contributed by atoms with Gasteiger partial charge in [0.25, 0.3) is 11.6 Å². The fraction of sp³-hybridized carbons (Fsp3) is 0.211. The summed E-state index contributed by atoms with van der Waals surface area (Å²) in [6.07, 6.45) is -1.23. The highest BCUT2D eigenvalue weighted by atomic mass is 16.6. The van der Waals surface area contributed by atoms with Gasteiger partial charge in [-0.25, -0.2) is 4.79 Å². The molecule has 0 aliphatic rings. The first-order chi connectivity index (χ1) is 13.2. The summed E-state index contributed by atoms with van der Waals surface area (Å²) in [6, 6.07) is 9.87. The van der Waals surface area contributed by atoms with Crippen LogP contribution in [-0.2, 0) is 9.53 Å². The van der Waals surface area contributed by atoms with E-state index in [0.29, 0.717) is 5.56 Å². The van der Waals surface area contributed by atoms with Gasteiger partial charge in [-0.2, -0.15) is 0 Å². The molecule has 0 aliphatic heterocycles. The number of benzene rings is 2. The second-order valence-electron chi connectivity index (χ2n) is 5.78. The van der Waals surface area contributed by atoms with Gasteiger partial charge < -0.3 is 14.8 Å². The van der Waals surface area contributed by atoms with Gasteiger partial charge in [0.15, 0.2) is 11.9 Å². The zero-order valence-electron chi connectivity index (χ0n) is 15.4. The Morgan fingerprint density at radius 3 is 2.39 bits per heavy atom. The molecule has 2 rings (SSSR count). The van der Waals surface area contributed by atoms with Crippen LogP contribution in [0.2, 0.25) is 0 Å². The molecule has 9 heteroatoms. The van der Waals surface area contributed by atoms with Gasteiger partial charge in [0.05, 0.1) is 17.7 Å². The molecule has 0 spiro atoms. The first-order valence-electron chi connectivity index (χ1n) is 8.18. The number of ether oxygens (including phenoxy) is 2. The van der Waals surface area contributed by atoms with Gasteiger partial charge in [-0.3, -0.25) is 19.7 Å². The van der Waals surface area contributed by atoms with Crippen LogP contribution >= 0.6 is 0 Å². The molecule has 0 aromatic heterocycles. The van der Waals surface area contributed by atoms with E-state index in [1.807, 2.05) is 0 Å². The van der Waals surface area contributed by atoms with Crippen molar-refractivity contribution < 1.29 is 28.8 Å². The summed E-state index contributed by atoms with van der Waals surface area (Å²) < 4.78 is 10.1. The van der Waals surface area contributed by atoms with Crippen molar-refractivity contribution in [2.24, 2.45) is 0 Å². The fourth-order valence-corrected chi connectivity index (χ4v) is 2.38. The number of hydrogen-bond acceptors (Lipinski definition) is 7. The molecule has 0 heterocycles. The molecule has 1 atom stereocenters. The van der Waals surface area contributed by atoms with Gasteiger partial charge in [-0.1, -0.05) is 12.1 Å². The Morgan fingerprint density at radius 2 is 1.79 bits per heavy atom.